The fourth-order valence-electron chi connectivity index (χ4n) is 3.92. The van der Waals surface area contributed by atoms with E-state index in [1.165, 1.54) is 30.6 Å². The molecular weight excluding hydrogens is 302 g/mol. The Morgan fingerprint density at radius 3 is 2.79 bits per heavy atom. The number of para-hydroxylation sites is 1. The lowest BCUT2D eigenvalue weighted by Crippen LogP contribution is -2.47. The van der Waals surface area contributed by atoms with Gasteiger partial charge in [-0.1, -0.05) is 24.6 Å². The predicted molar refractivity (Wildman–Crippen MR) is 91.2 cm³/mol. The van der Waals surface area contributed by atoms with Crippen LogP contribution in [0.1, 0.15) is 41.9 Å². The maximum atomic E-state index is 12.7. The minimum atomic E-state index is -0.105. The maximum Gasteiger partial charge on any atom is 0.274 e. The minimum absolute atomic E-state index is 0.105. The SMILES string of the molecule is Cc1nn(-c2ccccc2)nc1C(=O)N[C@@H]1CCN2CCCC[C@H]12. The van der Waals surface area contributed by atoms with E-state index in [0.717, 1.165) is 18.7 Å². The van der Waals surface area contributed by atoms with Crippen LogP contribution in [0.3, 0.4) is 0 Å². The zero-order chi connectivity index (χ0) is 16.5. The summed E-state index contributed by atoms with van der Waals surface area (Å²) in [6.45, 7) is 4.09. The molecule has 1 amide bonds. The number of benzene rings is 1. The minimum Gasteiger partial charge on any atom is -0.346 e. The molecule has 0 aliphatic carbocycles. The van der Waals surface area contributed by atoms with Crippen LogP contribution in [0.5, 0.6) is 0 Å². The number of nitrogens with one attached hydrogen (secondary N) is 1. The molecule has 2 fully saturated rings. The predicted octanol–water partition coefficient (Wildman–Crippen LogP) is 1.93. The van der Waals surface area contributed by atoms with Crippen LogP contribution in [-0.2, 0) is 0 Å². The molecule has 6 nitrogen and oxygen atoms in total. The van der Waals surface area contributed by atoms with Gasteiger partial charge in [-0.05, 0) is 44.9 Å². The second-order valence-electron chi connectivity index (χ2n) is 6.73. The van der Waals surface area contributed by atoms with Gasteiger partial charge in [-0.2, -0.15) is 9.90 Å². The van der Waals surface area contributed by atoms with Crippen molar-refractivity contribution in [1.29, 1.82) is 0 Å². The number of aryl methyl sites for hydroxylation is 1. The molecular formula is C18H23N5O. The second-order valence-corrected chi connectivity index (χ2v) is 6.73. The molecule has 0 radical (unpaired) electrons. The number of nitrogens with zero attached hydrogens (tertiary/aromatic N) is 4. The number of carbonyl (C=O) groups is 1. The largest absolute Gasteiger partial charge is 0.346 e. The van der Waals surface area contributed by atoms with Crippen molar-refractivity contribution in [3.63, 3.8) is 0 Å². The van der Waals surface area contributed by atoms with E-state index in [1.807, 2.05) is 37.3 Å². The van der Waals surface area contributed by atoms with Crippen LogP contribution in [0.2, 0.25) is 0 Å². The Kier molecular flexibility index (Phi) is 4.06. The smallest absolute Gasteiger partial charge is 0.274 e. The molecule has 0 bridgehead atoms. The molecule has 1 aromatic carbocycles. The molecule has 6 heteroatoms. The Labute approximate surface area is 141 Å². The standard InChI is InChI=1S/C18H23N5O/c1-13-17(21-23(20-13)14-7-3-2-4-8-14)18(24)19-15-10-12-22-11-6-5-9-16(15)22/h2-4,7-8,15-16H,5-6,9-12H2,1H3,(H,19,24)/t15-,16-/m1/s1. The van der Waals surface area contributed by atoms with Crippen molar-refractivity contribution < 1.29 is 4.79 Å². The van der Waals surface area contributed by atoms with Gasteiger partial charge in [0.2, 0.25) is 0 Å². The quantitative estimate of drug-likeness (QED) is 0.937. The summed E-state index contributed by atoms with van der Waals surface area (Å²) in [6, 6.07) is 10.4. The van der Waals surface area contributed by atoms with Gasteiger partial charge in [0, 0.05) is 18.6 Å². The number of rotatable bonds is 3. The van der Waals surface area contributed by atoms with E-state index in [1.54, 1.807) is 0 Å². The average Bonchev–Trinajstić information content (AvgIpc) is 3.20. The Bertz CT molecular complexity index is 726. The van der Waals surface area contributed by atoms with Gasteiger partial charge in [-0.25, -0.2) is 0 Å². The summed E-state index contributed by atoms with van der Waals surface area (Å²) in [5, 5.41) is 12.0. The van der Waals surface area contributed by atoms with Crippen molar-refractivity contribution in [1.82, 2.24) is 25.2 Å². The van der Waals surface area contributed by atoms with Gasteiger partial charge in [-0.15, -0.1) is 5.10 Å². The number of hydrogen-bond acceptors (Lipinski definition) is 4. The molecule has 2 aromatic rings. The van der Waals surface area contributed by atoms with E-state index in [0.29, 0.717) is 17.4 Å². The van der Waals surface area contributed by atoms with Crippen LogP contribution in [-0.4, -0.2) is 51.0 Å². The Balaban J connectivity index is 1.50. The summed E-state index contributed by atoms with van der Waals surface area (Å²) in [5.41, 5.74) is 1.95. The van der Waals surface area contributed by atoms with Crippen LogP contribution in [0.25, 0.3) is 5.69 Å². The van der Waals surface area contributed by atoms with E-state index in [2.05, 4.69) is 20.4 Å². The maximum absolute atomic E-state index is 12.7. The van der Waals surface area contributed by atoms with E-state index < -0.39 is 0 Å². The molecule has 126 valence electrons. The lowest BCUT2D eigenvalue weighted by Gasteiger charge is -2.32. The zero-order valence-electron chi connectivity index (χ0n) is 14.0. The molecule has 2 atom stereocenters. The summed E-state index contributed by atoms with van der Waals surface area (Å²) in [6.07, 6.45) is 4.75. The fourth-order valence-corrected chi connectivity index (χ4v) is 3.92. The van der Waals surface area contributed by atoms with Gasteiger partial charge in [0.25, 0.3) is 5.91 Å². The number of aromatic nitrogens is 3. The molecule has 0 unspecified atom stereocenters. The molecule has 2 saturated heterocycles. The second kappa shape index (κ2) is 6.36. The number of carbonyl (C=O) groups excluding carboxylic acids is 1. The Morgan fingerprint density at radius 2 is 1.96 bits per heavy atom. The number of amides is 1. The van der Waals surface area contributed by atoms with E-state index >= 15 is 0 Å². The molecule has 1 aromatic heterocycles. The third kappa shape index (κ3) is 2.82. The summed E-state index contributed by atoms with van der Waals surface area (Å²) in [5.74, 6) is -0.105. The van der Waals surface area contributed by atoms with Crippen molar-refractivity contribution in [3.05, 3.63) is 41.7 Å². The molecule has 0 saturated carbocycles. The van der Waals surface area contributed by atoms with Crippen LogP contribution >= 0.6 is 0 Å². The van der Waals surface area contributed by atoms with Gasteiger partial charge in [0.1, 0.15) is 0 Å². The monoisotopic (exact) mass is 325 g/mol. The molecule has 4 rings (SSSR count). The Hall–Kier alpha value is -2.21. The third-order valence-corrected chi connectivity index (χ3v) is 5.16. The van der Waals surface area contributed by atoms with Gasteiger partial charge < -0.3 is 5.32 Å². The lowest BCUT2D eigenvalue weighted by atomic mass is 9.99. The van der Waals surface area contributed by atoms with Crippen LogP contribution < -0.4 is 5.32 Å². The summed E-state index contributed by atoms with van der Waals surface area (Å²) >= 11 is 0. The highest BCUT2D eigenvalue weighted by molar-refractivity contribution is 5.93. The number of piperidine rings is 1. The summed E-state index contributed by atoms with van der Waals surface area (Å²) < 4.78 is 0. The van der Waals surface area contributed by atoms with Crippen molar-refractivity contribution in [3.8, 4) is 5.69 Å². The van der Waals surface area contributed by atoms with E-state index in [9.17, 15) is 4.79 Å². The summed E-state index contributed by atoms with van der Waals surface area (Å²) in [4.78, 5) is 16.7. The van der Waals surface area contributed by atoms with E-state index in [4.69, 9.17) is 0 Å². The topological polar surface area (TPSA) is 63.1 Å². The molecule has 3 heterocycles. The first-order valence-electron chi connectivity index (χ1n) is 8.76. The van der Waals surface area contributed by atoms with Gasteiger partial charge >= 0.3 is 0 Å². The first kappa shape index (κ1) is 15.3. The van der Waals surface area contributed by atoms with Crippen molar-refractivity contribution >= 4 is 5.91 Å². The van der Waals surface area contributed by atoms with Crippen LogP contribution in [0.15, 0.2) is 30.3 Å². The average molecular weight is 325 g/mol. The lowest BCUT2D eigenvalue weighted by molar-refractivity contribution is 0.0909. The van der Waals surface area contributed by atoms with Crippen LogP contribution in [0, 0.1) is 6.92 Å². The normalized spacial score (nSPS) is 23.9. The molecule has 2 aliphatic rings. The van der Waals surface area contributed by atoms with E-state index in [-0.39, 0.29) is 11.9 Å². The van der Waals surface area contributed by atoms with Gasteiger partial charge in [0.05, 0.1) is 11.4 Å². The Morgan fingerprint density at radius 1 is 1.12 bits per heavy atom. The summed E-state index contributed by atoms with van der Waals surface area (Å²) in [7, 11) is 0. The van der Waals surface area contributed by atoms with Gasteiger partial charge in [-0.3, -0.25) is 9.69 Å². The van der Waals surface area contributed by atoms with Crippen molar-refractivity contribution in [2.45, 2.75) is 44.7 Å². The fraction of sp³-hybridized carbons (Fsp3) is 0.500. The third-order valence-electron chi connectivity index (χ3n) is 5.16. The zero-order valence-corrected chi connectivity index (χ0v) is 14.0. The first-order valence-corrected chi connectivity index (χ1v) is 8.76. The molecule has 24 heavy (non-hydrogen) atoms. The highest BCUT2D eigenvalue weighted by Crippen LogP contribution is 2.27. The molecule has 0 spiro atoms. The number of hydrogen-bond donors (Lipinski definition) is 1. The highest BCUT2D eigenvalue weighted by atomic mass is 16.2. The van der Waals surface area contributed by atoms with Crippen LogP contribution in [0.4, 0.5) is 0 Å². The van der Waals surface area contributed by atoms with Crippen molar-refractivity contribution in [2.24, 2.45) is 0 Å². The molecule has 1 N–H and O–H groups in total. The molecule has 2 aliphatic heterocycles. The number of fused-ring (bicyclic) bond motifs is 1. The van der Waals surface area contributed by atoms with Crippen molar-refractivity contribution in [2.75, 3.05) is 13.1 Å². The highest BCUT2D eigenvalue weighted by Gasteiger charge is 2.36. The first-order chi connectivity index (χ1) is 11.7. The van der Waals surface area contributed by atoms with Gasteiger partial charge in [0.15, 0.2) is 5.69 Å².